The Balaban J connectivity index is 1.95. The maximum absolute atomic E-state index is 11.8. The van der Waals surface area contributed by atoms with Crippen molar-refractivity contribution in [3.05, 3.63) is 46.7 Å². The van der Waals surface area contributed by atoms with Gasteiger partial charge in [-0.05, 0) is 17.7 Å². The molecule has 7 nitrogen and oxygen atoms in total. The number of nitrogens with zero attached hydrogens (tertiary/aromatic N) is 3. The lowest BCUT2D eigenvalue weighted by molar-refractivity contribution is -0.137. The van der Waals surface area contributed by atoms with Crippen molar-refractivity contribution in [1.29, 1.82) is 0 Å². The summed E-state index contributed by atoms with van der Waals surface area (Å²) in [5.74, 6) is -1.48. The number of halogens is 1. The molecule has 0 bridgehead atoms. The van der Waals surface area contributed by atoms with E-state index in [1.54, 1.807) is 18.2 Å². The summed E-state index contributed by atoms with van der Waals surface area (Å²) < 4.78 is 1.08. The summed E-state index contributed by atoms with van der Waals surface area (Å²) in [6.07, 6.45) is 1.28. The van der Waals surface area contributed by atoms with Crippen molar-refractivity contribution in [2.75, 3.05) is 0 Å². The van der Waals surface area contributed by atoms with Gasteiger partial charge in [0.15, 0.2) is 5.69 Å². The molecule has 0 spiro atoms. The van der Waals surface area contributed by atoms with Crippen molar-refractivity contribution in [1.82, 2.24) is 20.3 Å². The van der Waals surface area contributed by atoms with Crippen molar-refractivity contribution < 1.29 is 14.7 Å². The van der Waals surface area contributed by atoms with Crippen LogP contribution in [0.4, 0.5) is 0 Å². The molecule has 0 aliphatic carbocycles. The topological polar surface area (TPSA) is 97.1 Å². The largest absolute Gasteiger partial charge is 0.480 e. The molecule has 0 saturated carbocycles. The van der Waals surface area contributed by atoms with E-state index in [2.05, 4.69) is 15.6 Å². The third-order valence-electron chi connectivity index (χ3n) is 2.41. The zero-order chi connectivity index (χ0) is 14.5. The molecule has 0 fully saturated rings. The number of nitrogens with one attached hydrogen (secondary N) is 1. The van der Waals surface area contributed by atoms with E-state index in [4.69, 9.17) is 16.7 Å². The smallest absolute Gasteiger partial charge is 0.325 e. The molecular formula is C12H11ClN4O3. The second-order valence-electron chi connectivity index (χ2n) is 4.01. The molecule has 1 heterocycles. The molecule has 8 heteroatoms. The second-order valence-corrected chi connectivity index (χ2v) is 4.44. The first-order valence-electron chi connectivity index (χ1n) is 5.69. The number of amides is 1. The number of hydrogen-bond acceptors (Lipinski definition) is 4. The first-order chi connectivity index (χ1) is 9.54. The summed E-state index contributed by atoms with van der Waals surface area (Å²) in [7, 11) is 0. The van der Waals surface area contributed by atoms with Crippen LogP contribution >= 0.6 is 11.6 Å². The van der Waals surface area contributed by atoms with Gasteiger partial charge in [0, 0.05) is 11.6 Å². The van der Waals surface area contributed by atoms with E-state index in [0.717, 1.165) is 10.2 Å². The second kappa shape index (κ2) is 6.16. The number of carbonyl (C=O) groups is 2. The first kappa shape index (κ1) is 14.0. The zero-order valence-electron chi connectivity index (χ0n) is 10.3. The first-order valence-corrected chi connectivity index (χ1v) is 6.07. The van der Waals surface area contributed by atoms with Gasteiger partial charge in [0.2, 0.25) is 0 Å². The number of benzene rings is 1. The fraction of sp³-hybridized carbons (Fsp3) is 0.167. The monoisotopic (exact) mass is 294 g/mol. The number of carboxylic acids is 1. The van der Waals surface area contributed by atoms with E-state index in [9.17, 15) is 9.59 Å². The van der Waals surface area contributed by atoms with E-state index in [1.807, 2.05) is 6.07 Å². The van der Waals surface area contributed by atoms with Gasteiger partial charge in [0.25, 0.3) is 5.91 Å². The fourth-order valence-corrected chi connectivity index (χ4v) is 1.75. The van der Waals surface area contributed by atoms with Crippen LogP contribution in [0.2, 0.25) is 5.02 Å². The van der Waals surface area contributed by atoms with Gasteiger partial charge < -0.3 is 10.4 Å². The van der Waals surface area contributed by atoms with Crippen LogP contribution in [0.25, 0.3) is 0 Å². The van der Waals surface area contributed by atoms with Gasteiger partial charge in [-0.15, -0.1) is 5.10 Å². The normalized spacial score (nSPS) is 10.2. The van der Waals surface area contributed by atoms with Crippen LogP contribution in [-0.4, -0.2) is 32.0 Å². The molecule has 0 radical (unpaired) electrons. The number of carboxylic acid groups (broad SMARTS) is 1. The molecular weight excluding hydrogens is 284 g/mol. The van der Waals surface area contributed by atoms with Crippen LogP contribution in [0, 0.1) is 0 Å². The van der Waals surface area contributed by atoms with Crippen molar-refractivity contribution in [3.63, 3.8) is 0 Å². The molecule has 20 heavy (non-hydrogen) atoms. The average Bonchev–Trinajstić information content (AvgIpc) is 2.84. The lowest BCUT2D eigenvalue weighted by Gasteiger charge is -2.03. The molecule has 1 amide bonds. The van der Waals surface area contributed by atoms with Gasteiger partial charge in [-0.3, -0.25) is 9.59 Å². The maximum Gasteiger partial charge on any atom is 0.325 e. The fourth-order valence-electron chi connectivity index (χ4n) is 1.54. The van der Waals surface area contributed by atoms with E-state index < -0.39 is 11.9 Å². The average molecular weight is 295 g/mol. The van der Waals surface area contributed by atoms with E-state index in [1.165, 1.54) is 6.20 Å². The Bertz CT molecular complexity index is 641. The Morgan fingerprint density at radius 2 is 2.20 bits per heavy atom. The Hall–Kier alpha value is -2.41. The van der Waals surface area contributed by atoms with Gasteiger partial charge in [-0.2, -0.15) is 0 Å². The predicted molar refractivity (Wildman–Crippen MR) is 70.3 cm³/mol. The number of aliphatic carboxylic acids is 1. The Kier molecular flexibility index (Phi) is 4.31. The van der Waals surface area contributed by atoms with Crippen LogP contribution in [0.3, 0.4) is 0 Å². The zero-order valence-corrected chi connectivity index (χ0v) is 11.0. The van der Waals surface area contributed by atoms with E-state index in [-0.39, 0.29) is 12.2 Å². The highest BCUT2D eigenvalue weighted by Crippen LogP contribution is 2.10. The Morgan fingerprint density at radius 1 is 1.40 bits per heavy atom. The molecule has 1 aromatic carbocycles. The lowest BCUT2D eigenvalue weighted by Crippen LogP contribution is -2.23. The standard InChI is InChI=1S/C12H11ClN4O3/c13-9-3-1-2-8(4-9)5-14-12(20)10-6-17(16-15-10)7-11(18)19/h1-4,6H,5,7H2,(H,14,20)(H,18,19). The maximum atomic E-state index is 11.8. The molecule has 0 aliphatic rings. The minimum Gasteiger partial charge on any atom is -0.480 e. The minimum absolute atomic E-state index is 0.0632. The Morgan fingerprint density at radius 3 is 2.90 bits per heavy atom. The summed E-state index contributed by atoms with van der Waals surface area (Å²) in [5.41, 5.74) is 0.914. The number of aromatic nitrogens is 3. The van der Waals surface area contributed by atoms with Crippen LogP contribution in [-0.2, 0) is 17.9 Å². The minimum atomic E-state index is -1.05. The number of carbonyl (C=O) groups excluding carboxylic acids is 1. The molecule has 0 atom stereocenters. The van der Waals surface area contributed by atoms with Gasteiger partial charge >= 0.3 is 5.97 Å². The van der Waals surface area contributed by atoms with Crippen LogP contribution in [0.5, 0.6) is 0 Å². The molecule has 2 N–H and O–H groups in total. The van der Waals surface area contributed by atoms with Crippen molar-refractivity contribution in [2.45, 2.75) is 13.1 Å². The van der Waals surface area contributed by atoms with Gasteiger partial charge in [0.05, 0.1) is 6.20 Å². The quantitative estimate of drug-likeness (QED) is 0.855. The molecule has 0 saturated heterocycles. The van der Waals surface area contributed by atoms with Crippen molar-refractivity contribution in [2.24, 2.45) is 0 Å². The van der Waals surface area contributed by atoms with Crippen LogP contribution in [0.15, 0.2) is 30.5 Å². The number of hydrogen-bond donors (Lipinski definition) is 2. The predicted octanol–water partition coefficient (Wildman–Crippen LogP) is 0.946. The summed E-state index contributed by atoms with van der Waals surface area (Å²) >= 11 is 5.83. The highest BCUT2D eigenvalue weighted by Gasteiger charge is 2.11. The summed E-state index contributed by atoms with van der Waals surface area (Å²) in [5, 5.41) is 19.0. The molecule has 104 valence electrons. The van der Waals surface area contributed by atoms with Crippen molar-refractivity contribution in [3.8, 4) is 0 Å². The Labute approximate surface area is 119 Å². The molecule has 2 rings (SSSR count). The molecule has 1 aromatic heterocycles. The van der Waals surface area contributed by atoms with E-state index in [0.29, 0.717) is 11.6 Å². The van der Waals surface area contributed by atoms with Crippen LogP contribution < -0.4 is 5.32 Å². The van der Waals surface area contributed by atoms with E-state index >= 15 is 0 Å². The third-order valence-corrected chi connectivity index (χ3v) is 2.65. The third kappa shape index (κ3) is 3.79. The van der Waals surface area contributed by atoms with Gasteiger partial charge in [0.1, 0.15) is 6.54 Å². The number of rotatable bonds is 5. The highest BCUT2D eigenvalue weighted by atomic mass is 35.5. The molecule has 2 aromatic rings. The highest BCUT2D eigenvalue weighted by molar-refractivity contribution is 6.30. The van der Waals surface area contributed by atoms with Crippen molar-refractivity contribution >= 4 is 23.5 Å². The summed E-state index contributed by atoms with van der Waals surface area (Å²) in [4.78, 5) is 22.3. The van der Waals surface area contributed by atoms with Crippen LogP contribution in [0.1, 0.15) is 16.1 Å². The summed E-state index contributed by atoms with van der Waals surface area (Å²) in [6, 6.07) is 7.09. The lowest BCUT2D eigenvalue weighted by atomic mass is 10.2. The summed E-state index contributed by atoms with van der Waals surface area (Å²) in [6.45, 7) is -0.0419. The SMILES string of the molecule is O=C(O)Cn1cc(C(=O)NCc2cccc(Cl)c2)nn1. The van der Waals surface area contributed by atoms with Gasteiger partial charge in [-0.25, -0.2) is 4.68 Å². The van der Waals surface area contributed by atoms with Gasteiger partial charge in [-0.1, -0.05) is 28.9 Å². The molecule has 0 unspecified atom stereocenters. The molecule has 0 aliphatic heterocycles.